The van der Waals surface area contributed by atoms with Crippen molar-refractivity contribution in [2.45, 2.75) is 18.1 Å². The molecule has 0 aromatic carbocycles. The lowest BCUT2D eigenvalue weighted by Gasteiger charge is -2.02. The van der Waals surface area contributed by atoms with Crippen LogP contribution in [0.5, 0.6) is 0 Å². The molecule has 0 bridgehead atoms. The maximum atomic E-state index is 11.5. The van der Waals surface area contributed by atoms with Gasteiger partial charge in [-0.25, -0.2) is 14.9 Å². The van der Waals surface area contributed by atoms with E-state index in [0.29, 0.717) is 23.9 Å². The molecule has 0 unspecified atom stereocenters. The van der Waals surface area contributed by atoms with Crippen molar-refractivity contribution in [3.63, 3.8) is 0 Å². The van der Waals surface area contributed by atoms with E-state index in [-0.39, 0.29) is 11.4 Å². The van der Waals surface area contributed by atoms with Crippen molar-refractivity contribution >= 4 is 17.7 Å². The molecule has 0 amide bonds. The van der Waals surface area contributed by atoms with Crippen LogP contribution < -0.4 is 5.69 Å². The number of aryl methyl sites for hydroxylation is 2. The van der Waals surface area contributed by atoms with Crippen LogP contribution >= 0.6 is 11.8 Å². The lowest BCUT2D eigenvalue weighted by Crippen LogP contribution is -2.19. The number of carboxylic acids is 1. The average molecular weight is 284 g/mol. The van der Waals surface area contributed by atoms with Gasteiger partial charge in [0.05, 0.1) is 5.75 Å². The van der Waals surface area contributed by atoms with E-state index in [1.54, 1.807) is 18.1 Å². The van der Waals surface area contributed by atoms with Crippen molar-refractivity contribution in [2.24, 2.45) is 7.05 Å². The Morgan fingerprint density at radius 2 is 2.37 bits per heavy atom. The smallest absolute Gasteiger partial charge is 0.343 e. The van der Waals surface area contributed by atoms with Crippen molar-refractivity contribution in [1.82, 2.24) is 29.5 Å². The molecule has 0 spiro atoms. The predicted octanol–water partition coefficient (Wildman–Crippen LogP) is -0.881. The van der Waals surface area contributed by atoms with Crippen molar-refractivity contribution < 1.29 is 9.90 Å². The van der Waals surface area contributed by atoms with E-state index >= 15 is 0 Å². The molecule has 0 radical (unpaired) electrons. The summed E-state index contributed by atoms with van der Waals surface area (Å²) in [5, 5.41) is 19.2. The van der Waals surface area contributed by atoms with Crippen LogP contribution in [0.4, 0.5) is 0 Å². The summed E-state index contributed by atoms with van der Waals surface area (Å²) in [6, 6.07) is 0. The zero-order chi connectivity index (χ0) is 13.8. The minimum atomic E-state index is -0.960. The second kappa shape index (κ2) is 5.69. The van der Waals surface area contributed by atoms with E-state index < -0.39 is 5.97 Å². The number of H-pyrrole nitrogens is 1. The molecular formula is C9H12N6O3S. The topological polar surface area (TPSA) is 119 Å². The third-order valence-corrected chi connectivity index (χ3v) is 3.22. The van der Waals surface area contributed by atoms with Gasteiger partial charge >= 0.3 is 11.7 Å². The van der Waals surface area contributed by atoms with Crippen LogP contribution in [0.25, 0.3) is 0 Å². The fourth-order valence-corrected chi connectivity index (χ4v) is 2.14. The second-order valence-electron chi connectivity index (χ2n) is 3.73. The summed E-state index contributed by atoms with van der Waals surface area (Å²) in [5.74, 6) is -0.491. The summed E-state index contributed by atoms with van der Waals surface area (Å²) >= 11 is 0.991. The lowest BCUT2D eigenvalue weighted by molar-refractivity contribution is -0.133. The molecule has 9 nitrogen and oxygen atoms in total. The van der Waals surface area contributed by atoms with Crippen LogP contribution in [0.15, 0.2) is 16.3 Å². The Hall–Kier alpha value is -2.10. The first-order chi connectivity index (χ1) is 9.06. The molecule has 0 saturated heterocycles. The Morgan fingerprint density at radius 1 is 1.58 bits per heavy atom. The van der Waals surface area contributed by atoms with Crippen molar-refractivity contribution in [3.8, 4) is 0 Å². The largest absolute Gasteiger partial charge is 0.481 e. The van der Waals surface area contributed by atoms with Gasteiger partial charge in [-0.05, 0) is 0 Å². The Labute approximate surface area is 111 Å². The predicted molar refractivity (Wildman–Crippen MR) is 65.9 cm³/mol. The van der Waals surface area contributed by atoms with Crippen molar-refractivity contribution in [3.05, 3.63) is 22.6 Å². The third-order valence-electron chi connectivity index (χ3n) is 2.25. The number of carboxylic acid groups (broad SMARTS) is 1. The monoisotopic (exact) mass is 284 g/mol. The van der Waals surface area contributed by atoms with Crippen LogP contribution in [0.1, 0.15) is 5.82 Å². The molecule has 0 aliphatic heterocycles. The van der Waals surface area contributed by atoms with Gasteiger partial charge in [-0.1, -0.05) is 11.8 Å². The number of aromatic nitrogens is 6. The van der Waals surface area contributed by atoms with Gasteiger partial charge in [0.15, 0.2) is 11.0 Å². The van der Waals surface area contributed by atoms with Gasteiger partial charge in [-0.3, -0.25) is 14.0 Å². The number of carbonyl (C=O) groups is 1. The van der Waals surface area contributed by atoms with Gasteiger partial charge in [0.2, 0.25) is 0 Å². The van der Waals surface area contributed by atoms with E-state index in [1.807, 2.05) is 0 Å². The summed E-state index contributed by atoms with van der Waals surface area (Å²) in [7, 11) is 1.76. The minimum absolute atomic E-state index is 0.147. The number of aromatic amines is 1. The zero-order valence-corrected chi connectivity index (χ0v) is 10.9. The molecule has 0 fully saturated rings. The maximum absolute atomic E-state index is 11.5. The van der Waals surface area contributed by atoms with Crippen LogP contribution in [0.3, 0.4) is 0 Å². The fourth-order valence-electron chi connectivity index (χ4n) is 1.45. The molecule has 2 rings (SSSR count). The highest BCUT2D eigenvalue weighted by molar-refractivity contribution is 7.99. The van der Waals surface area contributed by atoms with Gasteiger partial charge in [0.25, 0.3) is 0 Å². The third kappa shape index (κ3) is 3.44. The number of thioether (sulfide) groups is 1. The first-order valence-electron chi connectivity index (χ1n) is 5.40. The zero-order valence-electron chi connectivity index (χ0n) is 10.1. The Morgan fingerprint density at radius 3 is 3.00 bits per heavy atom. The molecular weight excluding hydrogens is 272 g/mol. The summed E-state index contributed by atoms with van der Waals surface area (Å²) in [5.41, 5.74) is -0.371. The standard InChI is InChI=1S/C9H12N6O3S/c1-14-5-10-6(13-14)2-3-15-8(18)11-12-9(15)19-4-7(16)17/h5H,2-4H2,1H3,(H,11,18)(H,16,17). The number of nitrogens with one attached hydrogen (secondary N) is 1. The molecule has 19 heavy (non-hydrogen) atoms. The highest BCUT2D eigenvalue weighted by Crippen LogP contribution is 2.12. The second-order valence-corrected chi connectivity index (χ2v) is 4.67. The normalized spacial score (nSPS) is 10.8. The Balaban J connectivity index is 2.04. The molecule has 2 aromatic heterocycles. The van der Waals surface area contributed by atoms with Crippen molar-refractivity contribution in [2.75, 3.05) is 5.75 Å². The molecule has 0 aliphatic rings. The van der Waals surface area contributed by atoms with E-state index in [1.165, 1.54) is 4.57 Å². The van der Waals surface area contributed by atoms with Crippen LogP contribution in [-0.4, -0.2) is 46.4 Å². The van der Waals surface area contributed by atoms with Gasteiger partial charge in [-0.2, -0.15) is 5.10 Å². The van der Waals surface area contributed by atoms with E-state index in [2.05, 4.69) is 20.3 Å². The van der Waals surface area contributed by atoms with Gasteiger partial charge in [0, 0.05) is 20.0 Å². The number of rotatable bonds is 6. The quantitative estimate of drug-likeness (QED) is 0.661. The Kier molecular flexibility index (Phi) is 4.00. The molecule has 2 heterocycles. The lowest BCUT2D eigenvalue weighted by atomic mass is 10.4. The van der Waals surface area contributed by atoms with Gasteiger partial charge in [0.1, 0.15) is 6.33 Å². The van der Waals surface area contributed by atoms with Crippen molar-refractivity contribution in [1.29, 1.82) is 0 Å². The molecule has 0 aliphatic carbocycles. The number of nitrogens with zero attached hydrogens (tertiary/aromatic N) is 5. The molecule has 10 heteroatoms. The fraction of sp³-hybridized carbons (Fsp3) is 0.444. The van der Waals surface area contributed by atoms with E-state index in [0.717, 1.165) is 11.8 Å². The molecule has 102 valence electrons. The van der Waals surface area contributed by atoms with Gasteiger partial charge in [-0.15, -0.1) is 5.10 Å². The minimum Gasteiger partial charge on any atom is -0.481 e. The maximum Gasteiger partial charge on any atom is 0.343 e. The first-order valence-corrected chi connectivity index (χ1v) is 6.39. The van der Waals surface area contributed by atoms with Gasteiger partial charge < -0.3 is 5.11 Å². The first kappa shape index (κ1) is 13.3. The SMILES string of the molecule is Cn1cnc(CCn2c(SCC(=O)O)n[nH]c2=O)n1. The van der Waals surface area contributed by atoms with Crippen LogP contribution in [-0.2, 0) is 24.8 Å². The summed E-state index contributed by atoms with van der Waals surface area (Å²) in [6.45, 7) is 0.349. The van der Waals surface area contributed by atoms with E-state index in [4.69, 9.17) is 5.11 Å². The highest BCUT2D eigenvalue weighted by atomic mass is 32.2. The molecule has 2 N–H and O–H groups in total. The summed E-state index contributed by atoms with van der Waals surface area (Å²) in [4.78, 5) is 26.1. The molecule has 0 atom stereocenters. The highest BCUT2D eigenvalue weighted by Gasteiger charge is 2.11. The van der Waals surface area contributed by atoms with E-state index in [9.17, 15) is 9.59 Å². The Bertz CT molecular complexity index is 630. The number of aliphatic carboxylic acids is 1. The number of hydrogen-bond acceptors (Lipinski definition) is 6. The number of hydrogen-bond donors (Lipinski definition) is 2. The van der Waals surface area contributed by atoms with Crippen LogP contribution in [0.2, 0.25) is 0 Å². The summed E-state index contributed by atoms with van der Waals surface area (Å²) < 4.78 is 2.96. The van der Waals surface area contributed by atoms with Crippen LogP contribution in [0, 0.1) is 0 Å². The summed E-state index contributed by atoms with van der Waals surface area (Å²) in [6.07, 6.45) is 2.05. The average Bonchev–Trinajstić information content (AvgIpc) is 2.91. The molecule has 0 saturated carbocycles. The molecule has 2 aromatic rings.